The van der Waals surface area contributed by atoms with Crippen molar-refractivity contribution in [3.05, 3.63) is 59.5 Å². The summed E-state index contributed by atoms with van der Waals surface area (Å²) in [6.45, 7) is 2.81. The quantitative estimate of drug-likeness (QED) is 0.853. The Hall–Kier alpha value is -2.56. The molecule has 0 aliphatic rings. The zero-order valence-electron chi connectivity index (χ0n) is 11.9. The zero-order valence-corrected chi connectivity index (χ0v) is 11.9. The van der Waals surface area contributed by atoms with Crippen LogP contribution in [-0.2, 0) is 11.3 Å². The lowest BCUT2D eigenvalue weighted by atomic mass is 10.1. The van der Waals surface area contributed by atoms with Crippen molar-refractivity contribution in [3.63, 3.8) is 0 Å². The van der Waals surface area contributed by atoms with Crippen molar-refractivity contribution < 1.29 is 14.0 Å². The lowest BCUT2D eigenvalue weighted by Crippen LogP contribution is -2.30. The third-order valence-corrected chi connectivity index (χ3v) is 3.03. The minimum atomic E-state index is -0.241. The SMILES string of the molecule is Cc1ccc(CNC(=O)CCNC(=O)c2ccoc2)cc1. The molecular formula is C16H18N2O3. The molecule has 0 aliphatic heterocycles. The van der Waals surface area contributed by atoms with Gasteiger partial charge in [-0.05, 0) is 18.6 Å². The molecule has 5 heteroatoms. The summed E-state index contributed by atoms with van der Waals surface area (Å²) in [5.41, 5.74) is 2.69. The molecule has 1 heterocycles. The van der Waals surface area contributed by atoms with Crippen molar-refractivity contribution in [1.29, 1.82) is 0 Å². The van der Waals surface area contributed by atoms with Crippen LogP contribution in [0.2, 0.25) is 0 Å². The van der Waals surface area contributed by atoms with Crippen LogP contribution in [-0.4, -0.2) is 18.4 Å². The first-order valence-electron chi connectivity index (χ1n) is 6.78. The Morgan fingerprint density at radius 3 is 2.52 bits per heavy atom. The van der Waals surface area contributed by atoms with Crippen LogP contribution in [0, 0.1) is 6.92 Å². The number of amides is 2. The fourth-order valence-corrected chi connectivity index (χ4v) is 1.78. The van der Waals surface area contributed by atoms with Gasteiger partial charge < -0.3 is 15.1 Å². The molecule has 0 spiro atoms. The molecule has 2 amide bonds. The minimum absolute atomic E-state index is 0.0944. The van der Waals surface area contributed by atoms with E-state index in [-0.39, 0.29) is 18.2 Å². The average molecular weight is 286 g/mol. The van der Waals surface area contributed by atoms with Gasteiger partial charge in [-0.25, -0.2) is 0 Å². The second kappa shape index (κ2) is 7.28. The van der Waals surface area contributed by atoms with Crippen molar-refractivity contribution >= 4 is 11.8 Å². The highest BCUT2D eigenvalue weighted by atomic mass is 16.3. The summed E-state index contributed by atoms with van der Waals surface area (Å²) < 4.78 is 4.82. The van der Waals surface area contributed by atoms with Gasteiger partial charge in [-0.2, -0.15) is 0 Å². The molecule has 2 rings (SSSR count). The van der Waals surface area contributed by atoms with E-state index in [1.807, 2.05) is 31.2 Å². The maximum Gasteiger partial charge on any atom is 0.254 e. The molecule has 0 fully saturated rings. The third-order valence-electron chi connectivity index (χ3n) is 3.03. The normalized spacial score (nSPS) is 10.1. The summed E-state index contributed by atoms with van der Waals surface area (Å²) in [6, 6.07) is 9.55. The summed E-state index contributed by atoms with van der Waals surface area (Å²) in [6.07, 6.45) is 3.05. The van der Waals surface area contributed by atoms with Gasteiger partial charge in [0.15, 0.2) is 0 Å². The molecule has 21 heavy (non-hydrogen) atoms. The number of carbonyl (C=O) groups is 2. The zero-order chi connectivity index (χ0) is 15.1. The summed E-state index contributed by atoms with van der Waals surface area (Å²) in [5.74, 6) is -0.335. The van der Waals surface area contributed by atoms with Crippen molar-refractivity contribution in [3.8, 4) is 0 Å². The summed E-state index contributed by atoms with van der Waals surface area (Å²) in [7, 11) is 0. The van der Waals surface area contributed by atoms with Crippen LogP contribution in [0.25, 0.3) is 0 Å². The van der Waals surface area contributed by atoms with Gasteiger partial charge in [0.25, 0.3) is 5.91 Å². The number of furan rings is 1. The molecule has 110 valence electrons. The third kappa shape index (κ3) is 4.80. The van der Waals surface area contributed by atoms with Gasteiger partial charge in [-0.3, -0.25) is 9.59 Å². The van der Waals surface area contributed by atoms with E-state index >= 15 is 0 Å². The predicted octanol–water partition coefficient (Wildman–Crippen LogP) is 2.02. The maximum absolute atomic E-state index is 11.7. The van der Waals surface area contributed by atoms with E-state index in [0.717, 1.165) is 5.56 Å². The Morgan fingerprint density at radius 2 is 1.86 bits per heavy atom. The van der Waals surface area contributed by atoms with E-state index in [2.05, 4.69) is 10.6 Å². The number of rotatable bonds is 6. The highest BCUT2D eigenvalue weighted by Crippen LogP contribution is 2.02. The number of aryl methyl sites for hydroxylation is 1. The molecule has 0 radical (unpaired) electrons. The van der Waals surface area contributed by atoms with Crippen molar-refractivity contribution in [2.45, 2.75) is 19.9 Å². The molecule has 0 unspecified atom stereocenters. The van der Waals surface area contributed by atoms with Crippen LogP contribution in [0.4, 0.5) is 0 Å². The number of benzene rings is 1. The Morgan fingerprint density at radius 1 is 1.10 bits per heavy atom. The molecule has 5 nitrogen and oxygen atoms in total. The van der Waals surface area contributed by atoms with Gasteiger partial charge >= 0.3 is 0 Å². The molecule has 0 atom stereocenters. The number of nitrogens with one attached hydrogen (secondary N) is 2. The van der Waals surface area contributed by atoms with Crippen molar-refractivity contribution in [2.75, 3.05) is 6.54 Å². The number of carbonyl (C=O) groups excluding carboxylic acids is 2. The molecule has 1 aromatic carbocycles. The summed E-state index contributed by atoms with van der Waals surface area (Å²) in [4.78, 5) is 23.3. The predicted molar refractivity (Wildman–Crippen MR) is 78.7 cm³/mol. The molecule has 0 bridgehead atoms. The van der Waals surface area contributed by atoms with Crippen LogP contribution in [0.15, 0.2) is 47.3 Å². The Balaban J connectivity index is 1.66. The number of hydrogen-bond donors (Lipinski definition) is 2. The Labute approximate surface area is 123 Å². The van der Waals surface area contributed by atoms with Crippen LogP contribution >= 0.6 is 0 Å². The molecular weight excluding hydrogens is 268 g/mol. The van der Waals surface area contributed by atoms with E-state index in [1.54, 1.807) is 6.07 Å². The van der Waals surface area contributed by atoms with E-state index in [9.17, 15) is 9.59 Å². The first-order chi connectivity index (χ1) is 10.1. The maximum atomic E-state index is 11.7. The van der Waals surface area contributed by atoms with Gasteiger partial charge in [0.2, 0.25) is 5.91 Å². The molecule has 2 N–H and O–H groups in total. The summed E-state index contributed by atoms with van der Waals surface area (Å²) >= 11 is 0. The molecule has 0 saturated heterocycles. The standard InChI is InChI=1S/C16H18N2O3/c1-12-2-4-13(5-3-12)10-18-15(19)6-8-17-16(20)14-7-9-21-11-14/h2-5,7,9,11H,6,8,10H2,1H3,(H,17,20)(H,18,19). The Kier molecular flexibility index (Phi) is 5.15. The monoisotopic (exact) mass is 286 g/mol. The van der Waals surface area contributed by atoms with E-state index in [4.69, 9.17) is 4.42 Å². The van der Waals surface area contributed by atoms with Crippen molar-refractivity contribution in [1.82, 2.24) is 10.6 Å². The highest BCUT2D eigenvalue weighted by Gasteiger charge is 2.07. The van der Waals surface area contributed by atoms with Gasteiger partial charge in [0, 0.05) is 19.5 Å². The topological polar surface area (TPSA) is 71.3 Å². The average Bonchev–Trinajstić information content (AvgIpc) is 3.01. The Bertz CT molecular complexity index is 588. The van der Waals surface area contributed by atoms with Gasteiger partial charge in [0.05, 0.1) is 11.8 Å². The lowest BCUT2D eigenvalue weighted by molar-refractivity contribution is -0.121. The second-order valence-corrected chi connectivity index (χ2v) is 4.78. The number of hydrogen-bond acceptors (Lipinski definition) is 3. The van der Waals surface area contributed by atoms with E-state index in [1.165, 1.54) is 18.1 Å². The van der Waals surface area contributed by atoms with Crippen LogP contribution < -0.4 is 10.6 Å². The van der Waals surface area contributed by atoms with Gasteiger partial charge in [-0.15, -0.1) is 0 Å². The molecule has 0 saturated carbocycles. The summed E-state index contributed by atoms with van der Waals surface area (Å²) in [5, 5.41) is 5.48. The fraction of sp³-hybridized carbons (Fsp3) is 0.250. The van der Waals surface area contributed by atoms with Crippen LogP contribution in [0.5, 0.6) is 0 Å². The largest absolute Gasteiger partial charge is 0.472 e. The lowest BCUT2D eigenvalue weighted by Gasteiger charge is -2.06. The van der Waals surface area contributed by atoms with Gasteiger partial charge in [-0.1, -0.05) is 29.8 Å². The molecule has 2 aromatic rings. The van der Waals surface area contributed by atoms with Crippen LogP contribution in [0.3, 0.4) is 0 Å². The highest BCUT2D eigenvalue weighted by molar-refractivity contribution is 5.94. The molecule has 1 aromatic heterocycles. The molecule has 0 aliphatic carbocycles. The van der Waals surface area contributed by atoms with Gasteiger partial charge in [0.1, 0.15) is 6.26 Å². The smallest absolute Gasteiger partial charge is 0.254 e. The first kappa shape index (κ1) is 14.8. The van der Waals surface area contributed by atoms with Crippen LogP contribution in [0.1, 0.15) is 27.9 Å². The second-order valence-electron chi connectivity index (χ2n) is 4.78. The first-order valence-corrected chi connectivity index (χ1v) is 6.78. The van der Waals surface area contributed by atoms with E-state index < -0.39 is 0 Å². The minimum Gasteiger partial charge on any atom is -0.472 e. The van der Waals surface area contributed by atoms with Crippen molar-refractivity contribution in [2.24, 2.45) is 0 Å². The van der Waals surface area contributed by atoms with E-state index in [0.29, 0.717) is 18.7 Å². The fourth-order valence-electron chi connectivity index (χ4n) is 1.78.